The summed E-state index contributed by atoms with van der Waals surface area (Å²) in [6.45, 7) is 0.696. The zero-order chi connectivity index (χ0) is 11.8. The van der Waals surface area contributed by atoms with E-state index in [9.17, 15) is 4.79 Å². The monoisotopic (exact) mass is 260 g/mol. The molecule has 1 unspecified atom stereocenters. The molecule has 1 N–H and O–H groups in total. The highest BCUT2D eigenvalue weighted by Crippen LogP contribution is 2.31. The van der Waals surface area contributed by atoms with E-state index in [1.807, 2.05) is 17.5 Å². The lowest BCUT2D eigenvalue weighted by molar-refractivity contribution is -0.137. The Morgan fingerprint density at radius 3 is 3.06 bits per heavy atom. The number of carbonyl (C=O) groups is 1. The summed E-state index contributed by atoms with van der Waals surface area (Å²) >= 11 is 3.31. The second-order valence-corrected chi connectivity index (χ2v) is 5.95. The average Bonchev–Trinajstić information content (AvgIpc) is 2.69. The number of ether oxygens (including phenoxy) is 1. The van der Waals surface area contributed by atoms with Gasteiger partial charge in [-0.15, -0.1) is 23.1 Å². The Bertz CT molecular complexity index is 298. The van der Waals surface area contributed by atoms with Gasteiger partial charge in [-0.1, -0.05) is 6.07 Å². The van der Waals surface area contributed by atoms with Crippen molar-refractivity contribution in [1.29, 1.82) is 0 Å². The van der Waals surface area contributed by atoms with Crippen LogP contribution in [0.5, 0.6) is 0 Å². The van der Waals surface area contributed by atoms with Crippen molar-refractivity contribution in [2.75, 3.05) is 13.7 Å². The summed E-state index contributed by atoms with van der Waals surface area (Å²) in [6.07, 6.45) is 2.00. The molecule has 1 heterocycles. The number of methoxy groups -OCH3 is 1. The van der Waals surface area contributed by atoms with Gasteiger partial charge in [0.2, 0.25) is 0 Å². The number of carboxylic acid groups (broad SMARTS) is 1. The van der Waals surface area contributed by atoms with Crippen molar-refractivity contribution >= 4 is 29.1 Å². The average molecular weight is 260 g/mol. The van der Waals surface area contributed by atoms with Gasteiger partial charge in [-0.05, 0) is 24.3 Å². The molecule has 0 aliphatic heterocycles. The molecule has 1 aromatic rings. The van der Waals surface area contributed by atoms with Gasteiger partial charge in [0.15, 0.2) is 0 Å². The minimum absolute atomic E-state index is 0.145. The standard InChI is InChI=1S/C11H16O3S2/c1-14-6-2-4-9(8-10(12)13)16-11-5-3-7-15-11/h3,5,7,9H,2,4,6,8H2,1H3,(H,12,13). The lowest BCUT2D eigenvalue weighted by Crippen LogP contribution is -2.10. The van der Waals surface area contributed by atoms with E-state index >= 15 is 0 Å². The molecule has 5 heteroatoms. The van der Waals surface area contributed by atoms with Crippen molar-refractivity contribution < 1.29 is 14.6 Å². The van der Waals surface area contributed by atoms with Gasteiger partial charge in [-0.2, -0.15) is 0 Å². The summed E-state index contributed by atoms with van der Waals surface area (Å²) in [5.41, 5.74) is 0. The number of rotatable bonds is 8. The van der Waals surface area contributed by atoms with Crippen LogP contribution in [-0.4, -0.2) is 30.0 Å². The molecule has 1 aromatic heterocycles. The van der Waals surface area contributed by atoms with Crippen molar-refractivity contribution in [1.82, 2.24) is 0 Å². The normalized spacial score (nSPS) is 12.6. The van der Waals surface area contributed by atoms with Gasteiger partial charge in [0.25, 0.3) is 0 Å². The predicted octanol–water partition coefficient (Wildman–Crippen LogP) is 3.11. The van der Waals surface area contributed by atoms with Gasteiger partial charge >= 0.3 is 5.97 Å². The van der Waals surface area contributed by atoms with Crippen molar-refractivity contribution in [2.45, 2.75) is 28.7 Å². The Morgan fingerprint density at radius 1 is 1.69 bits per heavy atom. The molecule has 0 bridgehead atoms. The molecule has 0 radical (unpaired) electrons. The van der Waals surface area contributed by atoms with Crippen LogP contribution in [0.1, 0.15) is 19.3 Å². The number of aliphatic carboxylic acids is 1. The highest BCUT2D eigenvalue weighted by Gasteiger charge is 2.14. The van der Waals surface area contributed by atoms with Crippen LogP contribution in [0, 0.1) is 0 Å². The summed E-state index contributed by atoms with van der Waals surface area (Å²) in [7, 11) is 1.67. The van der Waals surface area contributed by atoms with E-state index in [-0.39, 0.29) is 11.7 Å². The largest absolute Gasteiger partial charge is 0.481 e. The topological polar surface area (TPSA) is 46.5 Å². The minimum atomic E-state index is -0.730. The van der Waals surface area contributed by atoms with Crippen molar-refractivity contribution in [3.05, 3.63) is 17.5 Å². The summed E-state index contributed by atoms with van der Waals surface area (Å²) in [5, 5.41) is 11.0. The molecule has 0 aliphatic carbocycles. The Balaban J connectivity index is 2.40. The van der Waals surface area contributed by atoms with Crippen LogP contribution in [0.2, 0.25) is 0 Å². The van der Waals surface area contributed by atoms with Crippen LogP contribution in [0.4, 0.5) is 0 Å². The minimum Gasteiger partial charge on any atom is -0.481 e. The number of thiophene rings is 1. The third-order valence-corrected chi connectivity index (χ3v) is 4.40. The first-order valence-electron chi connectivity index (χ1n) is 5.13. The van der Waals surface area contributed by atoms with Gasteiger partial charge < -0.3 is 9.84 Å². The van der Waals surface area contributed by atoms with E-state index in [0.717, 1.165) is 12.8 Å². The lowest BCUT2D eigenvalue weighted by atomic mass is 10.2. The molecule has 1 rings (SSSR count). The molecule has 0 fully saturated rings. The number of carboxylic acids is 1. The zero-order valence-electron chi connectivity index (χ0n) is 9.22. The fourth-order valence-corrected chi connectivity index (χ4v) is 3.59. The predicted molar refractivity (Wildman–Crippen MR) is 67.3 cm³/mol. The number of thioether (sulfide) groups is 1. The molecule has 0 saturated carbocycles. The molecule has 0 aliphatic rings. The second-order valence-electron chi connectivity index (χ2n) is 3.40. The zero-order valence-corrected chi connectivity index (χ0v) is 10.9. The summed E-state index contributed by atoms with van der Waals surface area (Å²) in [6, 6.07) is 4.01. The Labute approximate surface area is 104 Å². The maximum Gasteiger partial charge on any atom is 0.304 e. The summed E-state index contributed by atoms with van der Waals surface area (Å²) in [5.74, 6) is -0.730. The van der Waals surface area contributed by atoms with Crippen LogP contribution < -0.4 is 0 Å². The molecular formula is C11H16O3S2. The van der Waals surface area contributed by atoms with E-state index in [1.54, 1.807) is 30.2 Å². The maximum atomic E-state index is 10.7. The molecule has 0 aromatic carbocycles. The first kappa shape index (κ1) is 13.5. The van der Waals surface area contributed by atoms with Crippen LogP contribution >= 0.6 is 23.1 Å². The van der Waals surface area contributed by atoms with Gasteiger partial charge in [-0.3, -0.25) is 4.79 Å². The molecule has 16 heavy (non-hydrogen) atoms. The summed E-state index contributed by atoms with van der Waals surface area (Å²) < 4.78 is 6.16. The SMILES string of the molecule is COCCCC(CC(=O)O)Sc1cccs1. The van der Waals surface area contributed by atoms with Gasteiger partial charge in [0.1, 0.15) is 0 Å². The van der Waals surface area contributed by atoms with Crippen LogP contribution in [0.3, 0.4) is 0 Å². The van der Waals surface area contributed by atoms with E-state index in [2.05, 4.69) is 0 Å². The fraction of sp³-hybridized carbons (Fsp3) is 0.545. The molecule has 0 amide bonds. The van der Waals surface area contributed by atoms with Crippen LogP contribution in [0.15, 0.2) is 21.7 Å². The Kier molecular flexibility index (Phi) is 6.52. The maximum absolute atomic E-state index is 10.7. The smallest absolute Gasteiger partial charge is 0.304 e. The van der Waals surface area contributed by atoms with Gasteiger partial charge in [-0.25, -0.2) is 0 Å². The van der Waals surface area contributed by atoms with Crippen LogP contribution in [0.25, 0.3) is 0 Å². The highest BCUT2D eigenvalue weighted by atomic mass is 32.2. The Hall–Kier alpha value is -0.520. The summed E-state index contributed by atoms with van der Waals surface area (Å²) in [4.78, 5) is 10.7. The van der Waals surface area contributed by atoms with E-state index in [1.165, 1.54) is 4.21 Å². The first-order valence-corrected chi connectivity index (χ1v) is 6.89. The first-order chi connectivity index (χ1) is 7.72. The molecule has 0 spiro atoms. The van der Waals surface area contributed by atoms with E-state index in [0.29, 0.717) is 6.61 Å². The molecule has 90 valence electrons. The van der Waals surface area contributed by atoms with Crippen molar-refractivity contribution in [3.63, 3.8) is 0 Å². The van der Waals surface area contributed by atoms with Crippen molar-refractivity contribution in [3.8, 4) is 0 Å². The highest BCUT2D eigenvalue weighted by molar-refractivity contribution is 8.01. The van der Waals surface area contributed by atoms with E-state index in [4.69, 9.17) is 9.84 Å². The quantitative estimate of drug-likeness (QED) is 0.576. The fourth-order valence-electron chi connectivity index (χ4n) is 1.35. The molecule has 3 nitrogen and oxygen atoms in total. The molecular weight excluding hydrogens is 244 g/mol. The number of hydrogen-bond donors (Lipinski definition) is 1. The number of hydrogen-bond acceptors (Lipinski definition) is 4. The molecule has 1 atom stereocenters. The van der Waals surface area contributed by atoms with Gasteiger partial charge in [0.05, 0.1) is 10.6 Å². The Morgan fingerprint density at radius 2 is 2.50 bits per heavy atom. The van der Waals surface area contributed by atoms with Gasteiger partial charge in [0, 0.05) is 19.0 Å². The third-order valence-electron chi connectivity index (χ3n) is 2.05. The lowest BCUT2D eigenvalue weighted by Gasteiger charge is -2.12. The third kappa shape index (κ3) is 5.53. The van der Waals surface area contributed by atoms with Crippen molar-refractivity contribution in [2.24, 2.45) is 0 Å². The molecule has 0 saturated heterocycles. The second kappa shape index (κ2) is 7.70. The van der Waals surface area contributed by atoms with E-state index < -0.39 is 5.97 Å². The van der Waals surface area contributed by atoms with Crippen LogP contribution in [-0.2, 0) is 9.53 Å².